The molecule has 8 heteroatoms. The summed E-state index contributed by atoms with van der Waals surface area (Å²) in [6.45, 7) is 3.34. The molecule has 4 rings (SSSR count). The van der Waals surface area contributed by atoms with Gasteiger partial charge >= 0.3 is 0 Å². The largest absolute Gasteiger partial charge is 0.349 e. The van der Waals surface area contributed by atoms with E-state index in [0.717, 1.165) is 11.1 Å². The molecule has 1 aromatic carbocycles. The molecule has 0 unspecified atom stereocenters. The Balaban J connectivity index is 1.49. The lowest BCUT2D eigenvalue weighted by molar-refractivity contribution is 0.0956. The summed E-state index contributed by atoms with van der Waals surface area (Å²) in [4.78, 5) is 29.9. The first-order valence-corrected chi connectivity index (χ1v) is 9.78. The molecule has 0 radical (unpaired) electrons. The van der Waals surface area contributed by atoms with Crippen LogP contribution in [0.25, 0.3) is 11.0 Å². The highest BCUT2D eigenvalue weighted by atomic mass is 32.1. The fourth-order valence-electron chi connectivity index (χ4n) is 3.01. The quantitative estimate of drug-likeness (QED) is 0.546. The van der Waals surface area contributed by atoms with E-state index in [1.807, 2.05) is 42.6 Å². The van der Waals surface area contributed by atoms with Crippen LogP contribution < -0.4 is 10.9 Å². The van der Waals surface area contributed by atoms with E-state index in [-0.39, 0.29) is 11.5 Å². The maximum absolute atomic E-state index is 12.8. The zero-order chi connectivity index (χ0) is 19.5. The number of amides is 1. The average Bonchev–Trinajstić information content (AvgIpc) is 3.36. The molecule has 3 aromatic heterocycles. The fraction of sp³-hybridized carbons (Fsp3) is 0.200. The Morgan fingerprint density at radius 3 is 2.86 bits per heavy atom. The summed E-state index contributed by atoms with van der Waals surface area (Å²) in [6, 6.07) is 11.6. The average molecular weight is 393 g/mol. The minimum absolute atomic E-state index is 0.111. The van der Waals surface area contributed by atoms with Crippen molar-refractivity contribution in [3.63, 3.8) is 0 Å². The van der Waals surface area contributed by atoms with Crippen molar-refractivity contribution in [1.82, 2.24) is 24.6 Å². The van der Waals surface area contributed by atoms with Crippen molar-refractivity contribution in [3.05, 3.63) is 80.7 Å². The first-order valence-electron chi connectivity index (χ1n) is 8.90. The van der Waals surface area contributed by atoms with Gasteiger partial charge in [-0.25, -0.2) is 9.67 Å². The lowest BCUT2D eigenvalue weighted by atomic mass is 10.1. The molecule has 1 N–H and O–H groups in total. The zero-order valence-electron chi connectivity index (χ0n) is 15.3. The van der Waals surface area contributed by atoms with Crippen molar-refractivity contribution in [3.8, 4) is 0 Å². The van der Waals surface area contributed by atoms with Crippen LogP contribution in [-0.4, -0.2) is 31.8 Å². The van der Waals surface area contributed by atoms with E-state index >= 15 is 0 Å². The monoisotopic (exact) mass is 393 g/mol. The Kier molecular flexibility index (Phi) is 5.03. The van der Waals surface area contributed by atoms with Crippen molar-refractivity contribution >= 4 is 28.3 Å². The topological polar surface area (TPSA) is 81.8 Å². The first-order chi connectivity index (χ1) is 13.6. The smallest absolute Gasteiger partial charge is 0.264 e. The van der Waals surface area contributed by atoms with E-state index < -0.39 is 0 Å². The lowest BCUT2D eigenvalue weighted by Crippen LogP contribution is -2.27. The van der Waals surface area contributed by atoms with Crippen molar-refractivity contribution in [2.45, 2.75) is 20.0 Å². The predicted molar refractivity (Wildman–Crippen MR) is 109 cm³/mol. The lowest BCUT2D eigenvalue weighted by Gasteiger charge is -2.09. The summed E-state index contributed by atoms with van der Waals surface area (Å²) in [5.41, 5.74) is 2.61. The summed E-state index contributed by atoms with van der Waals surface area (Å²) < 4.78 is 3.23. The number of hydrogen-bond donors (Lipinski definition) is 1. The Bertz CT molecular complexity index is 1180. The van der Waals surface area contributed by atoms with Crippen molar-refractivity contribution < 1.29 is 4.79 Å². The van der Waals surface area contributed by atoms with Crippen molar-refractivity contribution in [2.75, 3.05) is 6.54 Å². The van der Waals surface area contributed by atoms with Gasteiger partial charge in [0.25, 0.3) is 11.5 Å². The molecule has 0 atom stereocenters. The van der Waals surface area contributed by atoms with Gasteiger partial charge in [-0.05, 0) is 29.5 Å². The van der Waals surface area contributed by atoms with E-state index in [0.29, 0.717) is 35.5 Å². The third kappa shape index (κ3) is 3.59. The van der Waals surface area contributed by atoms with Crippen LogP contribution in [-0.2, 0) is 13.1 Å². The van der Waals surface area contributed by atoms with E-state index in [2.05, 4.69) is 15.4 Å². The molecule has 0 aliphatic rings. The Morgan fingerprint density at radius 1 is 1.21 bits per heavy atom. The number of benzene rings is 1. The summed E-state index contributed by atoms with van der Waals surface area (Å²) >= 11 is 1.40. The summed E-state index contributed by atoms with van der Waals surface area (Å²) in [6.07, 6.45) is 3.10. The highest BCUT2D eigenvalue weighted by Gasteiger charge is 2.12. The summed E-state index contributed by atoms with van der Waals surface area (Å²) in [5, 5.41) is 9.46. The van der Waals surface area contributed by atoms with Crippen molar-refractivity contribution in [1.29, 1.82) is 0 Å². The van der Waals surface area contributed by atoms with Gasteiger partial charge in [0.15, 0.2) is 5.65 Å². The number of carbonyl (C=O) groups excluding carboxylic acids is 1. The molecule has 3 heterocycles. The molecule has 142 valence electrons. The number of thiophene rings is 1. The summed E-state index contributed by atoms with van der Waals surface area (Å²) in [7, 11) is 0. The molecular formula is C20H19N5O2S. The van der Waals surface area contributed by atoms with Crippen molar-refractivity contribution in [2.24, 2.45) is 0 Å². The van der Waals surface area contributed by atoms with Crippen LogP contribution in [0.4, 0.5) is 0 Å². The maximum Gasteiger partial charge on any atom is 0.264 e. The molecule has 28 heavy (non-hydrogen) atoms. The number of aromatic nitrogens is 4. The molecule has 0 aliphatic carbocycles. The molecule has 0 saturated carbocycles. The highest BCUT2D eigenvalue weighted by molar-refractivity contribution is 7.12. The molecule has 0 saturated heterocycles. The molecule has 4 aromatic rings. The normalized spacial score (nSPS) is 11.0. The fourth-order valence-corrected chi connectivity index (χ4v) is 3.66. The Hall–Kier alpha value is -3.26. The number of nitrogens with zero attached hydrogens (tertiary/aromatic N) is 4. The van der Waals surface area contributed by atoms with Gasteiger partial charge in [0.1, 0.15) is 11.7 Å². The van der Waals surface area contributed by atoms with Gasteiger partial charge < -0.3 is 5.32 Å². The molecule has 0 spiro atoms. The van der Waals surface area contributed by atoms with Gasteiger partial charge in [-0.3, -0.25) is 14.2 Å². The number of fused-ring (bicyclic) bond motifs is 1. The standard InChI is InChI=1S/C20H19N5O2S/c1-14-5-2-3-6-15(14)12-24-13-22-18-16(20(24)27)11-23-25(18)9-8-21-19(26)17-7-4-10-28-17/h2-7,10-11,13H,8-9,12H2,1H3,(H,21,26). The molecular weight excluding hydrogens is 374 g/mol. The van der Waals surface area contributed by atoms with Gasteiger partial charge in [0.05, 0.1) is 24.2 Å². The molecule has 7 nitrogen and oxygen atoms in total. The van der Waals surface area contributed by atoms with Crippen LogP contribution in [0.1, 0.15) is 20.8 Å². The van der Waals surface area contributed by atoms with Crippen LogP contribution in [0.5, 0.6) is 0 Å². The number of aryl methyl sites for hydroxylation is 1. The van der Waals surface area contributed by atoms with Gasteiger partial charge in [0.2, 0.25) is 0 Å². The number of rotatable bonds is 6. The van der Waals surface area contributed by atoms with E-state index in [9.17, 15) is 9.59 Å². The third-order valence-electron chi connectivity index (χ3n) is 4.58. The van der Waals surface area contributed by atoms with Crippen LogP contribution in [0.2, 0.25) is 0 Å². The number of hydrogen-bond acceptors (Lipinski definition) is 5. The molecule has 0 bridgehead atoms. The first kappa shape index (κ1) is 18.1. The van der Waals surface area contributed by atoms with Gasteiger partial charge in [-0.15, -0.1) is 11.3 Å². The molecule has 0 fully saturated rings. The van der Waals surface area contributed by atoms with Gasteiger partial charge in [0, 0.05) is 6.54 Å². The third-order valence-corrected chi connectivity index (χ3v) is 5.45. The van der Waals surface area contributed by atoms with E-state index in [1.54, 1.807) is 27.8 Å². The van der Waals surface area contributed by atoms with Crippen LogP contribution in [0, 0.1) is 6.92 Å². The summed E-state index contributed by atoms with van der Waals surface area (Å²) in [5.74, 6) is -0.111. The second-order valence-corrected chi connectivity index (χ2v) is 7.39. The van der Waals surface area contributed by atoms with Gasteiger partial charge in [-0.1, -0.05) is 30.3 Å². The Morgan fingerprint density at radius 2 is 2.07 bits per heavy atom. The zero-order valence-corrected chi connectivity index (χ0v) is 16.1. The molecule has 1 amide bonds. The molecule has 0 aliphatic heterocycles. The number of nitrogens with one attached hydrogen (secondary N) is 1. The SMILES string of the molecule is Cc1ccccc1Cn1cnc2c(cnn2CCNC(=O)c2cccs2)c1=O. The van der Waals surface area contributed by atoms with E-state index in [4.69, 9.17) is 0 Å². The van der Waals surface area contributed by atoms with Crippen LogP contribution >= 0.6 is 11.3 Å². The second kappa shape index (κ2) is 7.77. The second-order valence-electron chi connectivity index (χ2n) is 6.44. The van der Waals surface area contributed by atoms with E-state index in [1.165, 1.54) is 11.3 Å². The van der Waals surface area contributed by atoms with Crippen LogP contribution in [0.3, 0.4) is 0 Å². The maximum atomic E-state index is 12.8. The van der Waals surface area contributed by atoms with Crippen LogP contribution in [0.15, 0.2) is 59.1 Å². The highest BCUT2D eigenvalue weighted by Crippen LogP contribution is 2.10. The predicted octanol–water partition coefficient (Wildman–Crippen LogP) is 2.44. The minimum Gasteiger partial charge on any atom is -0.349 e. The number of carbonyl (C=O) groups is 1. The Labute approximate surface area is 165 Å². The van der Waals surface area contributed by atoms with Gasteiger partial charge in [-0.2, -0.15) is 5.10 Å². The minimum atomic E-state index is -0.123.